The number of anilines is 1. The summed E-state index contributed by atoms with van der Waals surface area (Å²) >= 11 is 0. The first-order valence-corrected chi connectivity index (χ1v) is 16.6. The molecule has 8 heteroatoms. The van der Waals surface area contributed by atoms with Crippen molar-refractivity contribution in [3.8, 4) is 39.6 Å². The van der Waals surface area contributed by atoms with Crippen molar-refractivity contribution in [2.75, 3.05) is 4.90 Å². The first kappa shape index (κ1) is 35.1. The summed E-state index contributed by atoms with van der Waals surface area (Å²) in [5, 5.41) is 4.65. The Balaban J connectivity index is 0.00000432. The molecular weight excluding hydrogens is 800 g/mol. The van der Waals surface area contributed by atoms with Crippen LogP contribution in [0.25, 0.3) is 39.1 Å². The number of ether oxygens (including phenoxy) is 1. The topological polar surface area (TPSA) is 59.3 Å². The van der Waals surface area contributed by atoms with Gasteiger partial charge in [-0.1, -0.05) is 35.4 Å². The molecule has 50 heavy (non-hydrogen) atoms. The predicted molar refractivity (Wildman–Crippen MR) is 198 cm³/mol. The molecule has 1 aliphatic heterocycles. The molecule has 0 bridgehead atoms. The molecule has 7 nitrogen and oxygen atoms in total. The molecule has 0 atom stereocenters. The van der Waals surface area contributed by atoms with E-state index >= 15 is 0 Å². The summed E-state index contributed by atoms with van der Waals surface area (Å²) in [5.74, 6) is 1.71. The molecule has 6 aromatic rings. The third-order valence-corrected chi connectivity index (χ3v) is 8.95. The maximum absolute atomic E-state index is 6.53. The van der Waals surface area contributed by atoms with Crippen LogP contribution in [-0.4, -0.2) is 30.2 Å². The van der Waals surface area contributed by atoms with E-state index in [9.17, 15) is 0 Å². The van der Waals surface area contributed by atoms with Crippen molar-refractivity contribution < 1.29 is 25.8 Å². The third-order valence-electron chi connectivity index (χ3n) is 8.95. The van der Waals surface area contributed by atoms with Crippen LogP contribution in [0, 0.1) is 60.3 Å². The number of pyridine rings is 2. The van der Waals surface area contributed by atoms with Crippen molar-refractivity contribution in [1.82, 2.24) is 24.6 Å². The van der Waals surface area contributed by atoms with Crippen LogP contribution < -0.4 is 9.64 Å². The number of aryl methyl sites for hydroxylation is 6. The molecule has 0 spiro atoms. The molecule has 3 aromatic heterocycles. The SMILES string of the molecule is Cc1cc(C)c(-c2cc(Oc3[c-]c4c(cnn4-c4cc(-c5c(C)cc(C)cc5C)ccn4)nc3)[c-]c(N3C=CN(C(C)(C)C)[CH-]3)c2)c(C)c1.[Pt]. The number of hydrogen-bond donors (Lipinski definition) is 0. The number of hydrogen-bond acceptors (Lipinski definition) is 6. The van der Waals surface area contributed by atoms with E-state index in [4.69, 9.17) is 4.74 Å². The summed E-state index contributed by atoms with van der Waals surface area (Å²) in [6.07, 6.45) is 9.38. The molecule has 0 aliphatic carbocycles. The van der Waals surface area contributed by atoms with E-state index in [1.165, 1.54) is 44.5 Å². The maximum atomic E-state index is 6.53. The number of aromatic nitrogens is 4. The minimum absolute atomic E-state index is 0. The van der Waals surface area contributed by atoms with Crippen LogP contribution in [-0.2, 0) is 21.1 Å². The Bertz CT molecular complexity index is 2220. The molecule has 0 fully saturated rings. The fourth-order valence-corrected chi connectivity index (χ4v) is 6.89. The molecular formula is C42H41N6OPt-3. The van der Waals surface area contributed by atoms with Crippen molar-refractivity contribution in [1.29, 1.82) is 0 Å². The van der Waals surface area contributed by atoms with Gasteiger partial charge in [0, 0.05) is 50.5 Å². The number of nitrogens with zero attached hydrogens (tertiary/aromatic N) is 6. The van der Waals surface area contributed by atoms with Gasteiger partial charge in [-0.3, -0.25) is 0 Å². The van der Waals surface area contributed by atoms with Crippen molar-refractivity contribution in [3.63, 3.8) is 0 Å². The van der Waals surface area contributed by atoms with Gasteiger partial charge in [-0.15, -0.1) is 35.5 Å². The molecule has 0 saturated heterocycles. The third kappa shape index (κ3) is 6.84. The summed E-state index contributed by atoms with van der Waals surface area (Å²) < 4.78 is 8.30. The van der Waals surface area contributed by atoms with Crippen molar-refractivity contribution in [2.45, 2.75) is 67.9 Å². The average molecular weight is 841 g/mol. The second-order valence-electron chi connectivity index (χ2n) is 14.1. The summed E-state index contributed by atoms with van der Waals surface area (Å²) in [4.78, 5) is 13.6. The Morgan fingerprint density at radius 3 is 1.96 bits per heavy atom. The van der Waals surface area contributed by atoms with E-state index in [1.54, 1.807) is 17.1 Å². The zero-order chi connectivity index (χ0) is 34.6. The molecule has 0 unspecified atom stereocenters. The Kier molecular flexibility index (Phi) is 9.49. The summed E-state index contributed by atoms with van der Waals surface area (Å²) in [7, 11) is 0. The molecule has 4 heterocycles. The van der Waals surface area contributed by atoms with Gasteiger partial charge >= 0.3 is 0 Å². The monoisotopic (exact) mass is 840 g/mol. The minimum atomic E-state index is -0.0581. The van der Waals surface area contributed by atoms with Gasteiger partial charge in [-0.25, -0.2) is 9.67 Å². The molecule has 0 N–H and O–H groups in total. The molecule has 7 rings (SSSR count). The van der Waals surface area contributed by atoms with Crippen molar-refractivity contribution in [3.05, 3.63) is 132 Å². The van der Waals surface area contributed by atoms with E-state index in [1.807, 2.05) is 18.3 Å². The van der Waals surface area contributed by atoms with Crippen molar-refractivity contribution in [2.24, 2.45) is 0 Å². The first-order valence-electron chi connectivity index (χ1n) is 16.6. The molecule has 258 valence electrons. The normalized spacial score (nSPS) is 12.9. The van der Waals surface area contributed by atoms with Gasteiger partial charge in [-0.05, 0) is 143 Å². The van der Waals surface area contributed by atoms with E-state index in [0.717, 1.165) is 16.8 Å². The van der Waals surface area contributed by atoms with Crippen LogP contribution in [0.2, 0.25) is 0 Å². The summed E-state index contributed by atoms with van der Waals surface area (Å²) in [6, 6.07) is 24.1. The van der Waals surface area contributed by atoms with Gasteiger partial charge in [0.2, 0.25) is 0 Å². The van der Waals surface area contributed by atoms with E-state index < -0.39 is 0 Å². The Labute approximate surface area is 309 Å². The van der Waals surface area contributed by atoms with Crippen LogP contribution in [0.4, 0.5) is 5.69 Å². The largest absolute Gasteiger partial charge is 0.508 e. The van der Waals surface area contributed by atoms with Crippen molar-refractivity contribution >= 4 is 16.7 Å². The van der Waals surface area contributed by atoms with Gasteiger partial charge in [0.05, 0.1) is 0 Å². The fourth-order valence-electron chi connectivity index (χ4n) is 6.89. The van der Waals surface area contributed by atoms with Crippen LogP contribution in [0.5, 0.6) is 11.5 Å². The fraction of sp³-hybridized carbons (Fsp3) is 0.238. The van der Waals surface area contributed by atoms with Gasteiger partial charge in [0.25, 0.3) is 0 Å². The smallest absolute Gasteiger partial charge is 0.152 e. The number of fused-ring (bicyclic) bond motifs is 1. The second-order valence-corrected chi connectivity index (χ2v) is 14.1. The van der Waals surface area contributed by atoms with Crippen LogP contribution >= 0.6 is 0 Å². The second kappa shape index (κ2) is 13.5. The number of rotatable bonds is 6. The predicted octanol–water partition coefficient (Wildman–Crippen LogP) is 9.90. The zero-order valence-electron chi connectivity index (χ0n) is 30.0. The van der Waals surface area contributed by atoms with Gasteiger partial charge in [0.1, 0.15) is 0 Å². The summed E-state index contributed by atoms with van der Waals surface area (Å²) in [6.45, 7) is 21.5. The minimum Gasteiger partial charge on any atom is -0.508 e. The van der Waals surface area contributed by atoms with E-state index in [-0.39, 0.29) is 26.6 Å². The quantitative estimate of drug-likeness (QED) is 0.156. The molecule has 0 radical (unpaired) electrons. The van der Waals surface area contributed by atoms with Crippen LogP contribution in [0.15, 0.2) is 79.5 Å². The average Bonchev–Trinajstić information content (AvgIpc) is 3.69. The maximum Gasteiger partial charge on any atom is 0.152 e. The molecule has 0 saturated carbocycles. The Hall–Kier alpha value is -4.74. The molecule has 3 aromatic carbocycles. The van der Waals surface area contributed by atoms with Gasteiger partial charge in [-0.2, -0.15) is 11.8 Å². The van der Waals surface area contributed by atoms with E-state index in [0.29, 0.717) is 28.4 Å². The zero-order valence-corrected chi connectivity index (χ0v) is 32.3. The van der Waals surface area contributed by atoms with Crippen LogP contribution in [0.3, 0.4) is 0 Å². The standard InChI is InChI=1S/C42H41N6O.Pt/c1-26-14-28(3)40(29(4)15-26)32-10-11-43-39(20-32)48-38-22-36(23-44-37(38)24-45-48)49-35-19-33(41-30(5)16-27(2)17-31(41)6)18-34(21-35)46-12-13-47(25-46)42(7,8)9;/h10-20,23-25H,1-9H3;/q-3;. The van der Waals surface area contributed by atoms with Gasteiger partial charge < -0.3 is 19.5 Å². The Morgan fingerprint density at radius 1 is 0.700 bits per heavy atom. The van der Waals surface area contributed by atoms with Crippen LogP contribution in [0.1, 0.15) is 54.2 Å². The molecule has 1 aliphatic rings. The summed E-state index contributed by atoms with van der Waals surface area (Å²) in [5.41, 5.74) is 14.1. The number of benzene rings is 3. The molecule has 0 amide bonds. The Morgan fingerprint density at radius 2 is 1.34 bits per heavy atom. The van der Waals surface area contributed by atoms with Gasteiger partial charge in [0.15, 0.2) is 5.82 Å². The first-order chi connectivity index (χ1) is 23.3. The van der Waals surface area contributed by atoms with E-state index in [2.05, 4.69) is 155 Å².